The first kappa shape index (κ1) is 24.5. The molecule has 33 heavy (non-hydrogen) atoms. The van der Waals surface area contributed by atoms with E-state index in [4.69, 9.17) is 22.1 Å². The molecule has 1 atom stereocenters. The summed E-state index contributed by atoms with van der Waals surface area (Å²) in [6, 6.07) is 7.25. The highest BCUT2D eigenvalue weighted by Crippen LogP contribution is 2.28. The highest BCUT2D eigenvalue weighted by atomic mass is 32.2. The highest BCUT2D eigenvalue weighted by molar-refractivity contribution is 7.89. The van der Waals surface area contributed by atoms with Gasteiger partial charge in [-0.3, -0.25) is 9.47 Å². The Bertz CT molecular complexity index is 1110. The number of aromatic nitrogens is 3. The molecule has 8 nitrogen and oxygen atoms in total. The van der Waals surface area contributed by atoms with Crippen LogP contribution in [0, 0.1) is 10.7 Å². The number of likely N-dealkylation sites (tertiary alicyclic amines) is 1. The van der Waals surface area contributed by atoms with Crippen molar-refractivity contribution in [3.8, 4) is 11.4 Å². The predicted molar refractivity (Wildman–Crippen MR) is 131 cm³/mol. The van der Waals surface area contributed by atoms with Gasteiger partial charge in [-0.1, -0.05) is 26.0 Å². The van der Waals surface area contributed by atoms with Gasteiger partial charge in [-0.15, -0.1) is 0 Å². The maximum Gasteiger partial charge on any atom is 0.243 e. The van der Waals surface area contributed by atoms with Crippen LogP contribution < -0.4 is 0 Å². The number of rotatable bonds is 7. The molecule has 0 saturated carbocycles. The van der Waals surface area contributed by atoms with Gasteiger partial charge in [-0.2, -0.15) is 9.40 Å². The molecule has 10 heteroatoms. The Kier molecular flexibility index (Phi) is 7.69. The van der Waals surface area contributed by atoms with Gasteiger partial charge in [0.1, 0.15) is 0 Å². The monoisotopic (exact) mass is 493 g/mol. The third-order valence-corrected chi connectivity index (χ3v) is 9.11. The summed E-state index contributed by atoms with van der Waals surface area (Å²) in [5.41, 5.74) is 0.766. The molecule has 1 aromatic heterocycles. The Morgan fingerprint density at radius 1 is 1.18 bits per heavy atom. The quantitative estimate of drug-likeness (QED) is 0.547. The van der Waals surface area contributed by atoms with E-state index in [2.05, 4.69) is 30.2 Å². The topological polar surface area (TPSA) is 72.6 Å². The summed E-state index contributed by atoms with van der Waals surface area (Å²) < 4.78 is 37.9. The summed E-state index contributed by atoms with van der Waals surface area (Å²) >= 11 is 5.85. The first-order valence-electron chi connectivity index (χ1n) is 11.9. The van der Waals surface area contributed by atoms with Crippen LogP contribution in [0.25, 0.3) is 11.4 Å². The van der Waals surface area contributed by atoms with Crippen LogP contribution >= 0.6 is 12.2 Å². The van der Waals surface area contributed by atoms with E-state index >= 15 is 0 Å². The van der Waals surface area contributed by atoms with Crippen molar-refractivity contribution in [1.82, 2.24) is 23.6 Å². The van der Waals surface area contributed by atoms with Crippen molar-refractivity contribution < 1.29 is 13.2 Å². The van der Waals surface area contributed by atoms with Crippen molar-refractivity contribution in [2.45, 2.75) is 57.6 Å². The Balaban J connectivity index is 1.69. The summed E-state index contributed by atoms with van der Waals surface area (Å²) in [5, 5.41) is 4.90. The minimum absolute atomic E-state index is 0.155. The van der Waals surface area contributed by atoms with Crippen molar-refractivity contribution in [2.24, 2.45) is 5.92 Å². The molecule has 0 spiro atoms. The molecule has 0 unspecified atom stereocenters. The lowest BCUT2D eigenvalue weighted by Gasteiger charge is -2.29. The maximum absolute atomic E-state index is 13.2. The average Bonchev–Trinajstić information content (AvgIpc) is 3.16. The molecule has 2 aliphatic heterocycles. The Labute approximate surface area is 202 Å². The first-order valence-corrected chi connectivity index (χ1v) is 13.8. The number of hydrogen-bond donors (Lipinski definition) is 0. The van der Waals surface area contributed by atoms with Crippen molar-refractivity contribution in [2.75, 3.05) is 39.4 Å². The van der Waals surface area contributed by atoms with Gasteiger partial charge in [0, 0.05) is 37.8 Å². The highest BCUT2D eigenvalue weighted by Gasteiger charge is 2.27. The fourth-order valence-corrected chi connectivity index (χ4v) is 6.23. The molecule has 2 aromatic rings. The van der Waals surface area contributed by atoms with Gasteiger partial charge >= 0.3 is 0 Å². The molecule has 182 valence electrons. The molecule has 2 aliphatic rings. The average molecular weight is 494 g/mol. The van der Waals surface area contributed by atoms with Gasteiger partial charge < -0.3 is 4.74 Å². The minimum Gasteiger partial charge on any atom is -0.379 e. The minimum atomic E-state index is -3.59. The number of morpholine rings is 1. The van der Waals surface area contributed by atoms with E-state index in [1.807, 2.05) is 10.7 Å². The van der Waals surface area contributed by atoms with Crippen LogP contribution in [0.1, 0.15) is 46.1 Å². The second-order valence-electron chi connectivity index (χ2n) is 9.22. The van der Waals surface area contributed by atoms with E-state index in [1.54, 1.807) is 18.2 Å². The van der Waals surface area contributed by atoms with Crippen molar-refractivity contribution in [1.29, 1.82) is 0 Å². The molecular weight excluding hydrogens is 458 g/mol. The summed E-state index contributed by atoms with van der Waals surface area (Å²) in [7, 11) is -3.59. The summed E-state index contributed by atoms with van der Waals surface area (Å²) in [6.07, 6.45) is 3.28. The lowest BCUT2D eigenvalue weighted by atomic mass is 10.00. The molecule has 0 radical (unpaired) electrons. The molecule has 4 rings (SSSR count). The zero-order valence-electron chi connectivity index (χ0n) is 19.8. The van der Waals surface area contributed by atoms with Crippen LogP contribution in [-0.4, -0.2) is 71.4 Å². The van der Waals surface area contributed by atoms with E-state index in [0.29, 0.717) is 37.7 Å². The summed E-state index contributed by atoms with van der Waals surface area (Å²) in [4.78, 5) is 2.68. The smallest absolute Gasteiger partial charge is 0.243 e. The largest absolute Gasteiger partial charge is 0.379 e. The summed E-state index contributed by atoms with van der Waals surface area (Å²) in [6.45, 7) is 10.9. The van der Waals surface area contributed by atoms with Crippen molar-refractivity contribution in [3.63, 3.8) is 0 Å². The maximum atomic E-state index is 13.2. The summed E-state index contributed by atoms with van der Waals surface area (Å²) in [5.74, 6) is 1.48. The fraction of sp³-hybridized carbons (Fsp3) is 0.652. The number of nitrogens with zero attached hydrogens (tertiary/aromatic N) is 5. The predicted octanol–water partition coefficient (Wildman–Crippen LogP) is 3.76. The molecule has 2 saturated heterocycles. The Morgan fingerprint density at radius 3 is 2.55 bits per heavy atom. The van der Waals surface area contributed by atoms with E-state index in [9.17, 15) is 8.42 Å². The Morgan fingerprint density at radius 2 is 1.88 bits per heavy atom. The third-order valence-electron chi connectivity index (χ3n) is 6.81. The zero-order valence-corrected chi connectivity index (χ0v) is 21.4. The lowest BCUT2D eigenvalue weighted by molar-refractivity contribution is 0.0730. The number of benzene rings is 1. The van der Waals surface area contributed by atoms with Crippen LogP contribution in [0.15, 0.2) is 29.2 Å². The van der Waals surface area contributed by atoms with E-state index in [1.165, 1.54) is 17.1 Å². The molecular formula is C23H35N5O3S2. The number of ether oxygens (including phenoxy) is 1. The van der Waals surface area contributed by atoms with Gasteiger partial charge in [0.05, 0.1) is 24.8 Å². The molecule has 1 aromatic carbocycles. The molecule has 0 amide bonds. The van der Waals surface area contributed by atoms with Crippen LogP contribution in [0.5, 0.6) is 0 Å². The van der Waals surface area contributed by atoms with Crippen LogP contribution in [-0.2, 0) is 21.4 Å². The second-order valence-corrected chi connectivity index (χ2v) is 11.5. The van der Waals surface area contributed by atoms with Crippen molar-refractivity contribution >= 4 is 22.2 Å². The van der Waals surface area contributed by atoms with E-state index in [0.717, 1.165) is 36.8 Å². The van der Waals surface area contributed by atoms with Gasteiger partial charge in [-0.05, 0) is 56.5 Å². The van der Waals surface area contributed by atoms with E-state index in [-0.39, 0.29) is 10.9 Å². The van der Waals surface area contributed by atoms with Crippen molar-refractivity contribution in [3.05, 3.63) is 29.0 Å². The zero-order chi connectivity index (χ0) is 23.6. The normalized spacial score (nSPS) is 20.2. The first-order chi connectivity index (χ1) is 15.8. The Hall–Kier alpha value is -1.59. The third kappa shape index (κ3) is 5.24. The van der Waals surface area contributed by atoms with Gasteiger partial charge in [0.15, 0.2) is 10.6 Å². The van der Waals surface area contributed by atoms with Gasteiger partial charge in [0.2, 0.25) is 10.0 Å². The van der Waals surface area contributed by atoms with Gasteiger partial charge in [-0.25, -0.2) is 13.1 Å². The molecule has 2 fully saturated rings. The van der Waals surface area contributed by atoms with Crippen LogP contribution in [0.3, 0.4) is 0 Å². The van der Waals surface area contributed by atoms with E-state index < -0.39 is 10.0 Å². The number of sulfonamides is 1. The number of piperidine rings is 1. The van der Waals surface area contributed by atoms with Gasteiger partial charge in [0.25, 0.3) is 0 Å². The van der Waals surface area contributed by atoms with Crippen LogP contribution in [0.4, 0.5) is 0 Å². The fourth-order valence-electron chi connectivity index (χ4n) is 4.41. The SMILES string of the molecule is CC[C@@H](C)n1c(-c2cccc(S(=O)(=O)N3CCOCC3)c2)nn(CN2CCC(C)CC2)c1=S. The van der Waals surface area contributed by atoms with Crippen LogP contribution in [0.2, 0.25) is 0 Å². The number of hydrogen-bond acceptors (Lipinski definition) is 6. The molecule has 0 aliphatic carbocycles. The molecule has 0 bridgehead atoms. The molecule has 0 N–H and O–H groups in total. The lowest BCUT2D eigenvalue weighted by Crippen LogP contribution is -2.40. The standard InChI is InChI=1S/C23H35N5O3S2/c1-4-19(3)28-22(24-27(23(28)32)17-25-10-8-18(2)9-11-25)20-6-5-7-21(16-20)33(29,30)26-12-14-31-15-13-26/h5-7,16,18-19H,4,8-15,17H2,1-3H3/t19-/m1/s1. The molecule has 3 heterocycles. The second kappa shape index (κ2) is 10.4.